The lowest BCUT2D eigenvalue weighted by Crippen LogP contribution is -2.52. The molecule has 1 aliphatic carbocycles. The van der Waals surface area contributed by atoms with Gasteiger partial charge in [0.2, 0.25) is 11.8 Å². The largest absolute Gasteiger partial charge is 0.497 e. The van der Waals surface area contributed by atoms with E-state index < -0.39 is 28.5 Å². The summed E-state index contributed by atoms with van der Waals surface area (Å²) in [6.07, 6.45) is 3.92. The van der Waals surface area contributed by atoms with Crippen LogP contribution < -0.4 is 19.1 Å². The second kappa shape index (κ2) is 13.7. The first-order valence-electron chi connectivity index (χ1n) is 14.1. The van der Waals surface area contributed by atoms with Gasteiger partial charge in [0.05, 0.1) is 24.8 Å². The van der Waals surface area contributed by atoms with Crippen molar-refractivity contribution >= 4 is 27.5 Å². The lowest BCUT2D eigenvalue weighted by Gasteiger charge is -2.33. The normalized spacial score (nSPS) is 14.2. The fraction of sp³-hybridized carbons (Fsp3) is 0.375. The van der Waals surface area contributed by atoms with Gasteiger partial charge in [0.1, 0.15) is 24.1 Å². The van der Waals surface area contributed by atoms with E-state index in [1.807, 2.05) is 31.2 Å². The molecule has 0 aromatic heterocycles. The fourth-order valence-corrected chi connectivity index (χ4v) is 6.64. The summed E-state index contributed by atoms with van der Waals surface area (Å²) in [5.41, 5.74) is 1.99. The molecule has 0 bridgehead atoms. The number of sulfonamides is 1. The average molecular weight is 594 g/mol. The zero-order valence-electron chi connectivity index (χ0n) is 24.6. The van der Waals surface area contributed by atoms with Crippen molar-refractivity contribution in [1.29, 1.82) is 0 Å². The molecule has 3 aromatic rings. The Kier molecular flexibility index (Phi) is 10.1. The minimum atomic E-state index is -4.23. The minimum absolute atomic E-state index is 0.0138. The van der Waals surface area contributed by atoms with Crippen LogP contribution in [0.15, 0.2) is 77.7 Å². The van der Waals surface area contributed by atoms with Crippen molar-refractivity contribution in [2.75, 3.05) is 25.1 Å². The zero-order chi connectivity index (χ0) is 30.3. The molecule has 4 rings (SSSR count). The molecule has 1 atom stereocenters. The van der Waals surface area contributed by atoms with Gasteiger partial charge in [-0.25, -0.2) is 8.42 Å². The highest BCUT2D eigenvalue weighted by molar-refractivity contribution is 7.92. The van der Waals surface area contributed by atoms with E-state index in [4.69, 9.17) is 9.47 Å². The Balaban J connectivity index is 1.75. The van der Waals surface area contributed by atoms with Gasteiger partial charge < -0.3 is 19.7 Å². The number of ether oxygens (including phenoxy) is 2. The maximum atomic E-state index is 14.2. The Morgan fingerprint density at radius 1 is 0.952 bits per heavy atom. The van der Waals surface area contributed by atoms with Crippen LogP contribution in [0, 0.1) is 6.92 Å². The molecule has 0 radical (unpaired) electrons. The molecule has 1 unspecified atom stereocenters. The summed E-state index contributed by atoms with van der Waals surface area (Å²) in [6, 6.07) is 19.6. The van der Waals surface area contributed by atoms with Crippen LogP contribution in [0.1, 0.15) is 43.7 Å². The number of amides is 2. The number of benzene rings is 3. The molecule has 0 spiro atoms. The Hall–Kier alpha value is -4.05. The number of anilines is 1. The highest BCUT2D eigenvalue weighted by Crippen LogP contribution is 2.36. The standard InChI is InChI=1S/C32H39N3O6S/c1-23-11-10-12-25(19-23)21-34(24(2)32(37)33-26-13-8-9-14-26)31(36)22-35(42(38,39)28-15-6-5-7-16-28)29-20-27(40-3)17-18-30(29)41-4/h5-7,10-12,15-20,24,26H,8-9,13-14,21-22H2,1-4H3,(H,33,37). The monoisotopic (exact) mass is 593 g/mol. The first-order valence-corrected chi connectivity index (χ1v) is 15.5. The Morgan fingerprint density at radius 3 is 2.31 bits per heavy atom. The lowest BCUT2D eigenvalue weighted by atomic mass is 10.1. The molecule has 1 fully saturated rings. The number of rotatable bonds is 12. The number of hydrogen-bond donors (Lipinski definition) is 1. The van der Waals surface area contributed by atoms with Gasteiger partial charge in [-0.3, -0.25) is 13.9 Å². The van der Waals surface area contributed by atoms with Gasteiger partial charge in [-0.15, -0.1) is 0 Å². The number of hydrogen-bond acceptors (Lipinski definition) is 6. The Morgan fingerprint density at radius 2 is 1.67 bits per heavy atom. The quantitative estimate of drug-likeness (QED) is 0.327. The van der Waals surface area contributed by atoms with Crippen molar-refractivity contribution < 1.29 is 27.5 Å². The number of carbonyl (C=O) groups excluding carboxylic acids is 2. The maximum absolute atomic E-state index is 14.2. The predicted molar refractivity (Wildman–Crippen MR) is 162 cm³/mol. The fourth-order valence-electron chi connectivity index (χ4n) is 5.21. The molecule has 0 saturated heterocycles. The molecule has 1 N–H and O–H groups in total. The first kappa shape index (κ1) is 30.9. The van der Waals surface area contributed by atoms with Crippen molar-refractivity contribution in [2.45, 2.75) is 63.1 Å². The summed E-state index contributed by atoms with van der Waals surface area (Å²) in [5.74, 6) is -0.151. The minimum Gasteiger partial charge on any atom is -0.497 e. The van der Waals surface area contributed by atoms with Crippen LogP contribution >= 0.6 is 0 Å². The summed E-state index contributed by atoms with van der Waals surface area (Å²) >= 11 is 0. The molecule has 3 aromatic carbocycles. The third-order valence-corrected chi connectivity index (χ3v) is 9.34. The van der Waals surface area contributed by atoms with Gasteiger partial charge in [-0.05, 0) is 56.5 Å². The maximum Gasteiger partial charge on any atom is 0.264 e. The van der Waals surface area contributed by atoms with Crippen molar-refractivity contribution in [3.05, 3.63) is 83.9 Å². The van der Waals surface area contributed by atoms with Crippen LogP contribution in [0.5, 0.6) is 11.5 Å². The second-order valence-corrected chi connectivity index (χ2v) is 12.4. The SMILES string of the molecule is COc1ccc(OC)c(N(CC(=O)N(Cc2cccc(C)c2)C(C)C(=O)NC2CCCC2)S(=O)(=O)c2ccccc2)c1. The molecule has 1 saturated carbocycles. The van der Waals surface area contributed by atoms with E-state index in [9.17, 15) is 18.0 Å². The van der Waals surface area contributed by atoms with E-state index in [-0.39, 0.29) is 34.8 Å². The molecular formula is C32H39N3O6S. The van der Waals surface area contributed by atoms with E-state index in [0.29, 0.717) is 5.75 Å². The smallest absolute Gasteiger partial charge is 0.264 e. The molecule has 224 valence electrons. The molecule has 2 amide bonds. The van der Waals surface area contributed by atoms with E-state index >= 15 is 0 Å². The predicted octanol–water partition coefficient (Wildman–Crippen LogP) is 4.68. The van der Waals surface area contributed by atoms with Gasteiger partial charge >= 0.3 is 0 Å². The van der Waals surface area contributed by atoms with Crippen LogP contribution in [0.3, 0.4) is 0 Å². The van der Waals surface area contributed by atoms with Crippen LogP contribution in [0.4, 0.5) is 5.69 Å². The van der Waals surface area contributed by atoms with Crippen LogP contribution in [-0.4, -0.2) is 58.0 Å². The zero-order valence-corrected chi connectivity index (χ0v) is 25.4. The average Bonchev–Trinajstić information content (AvgIpc) is 3.51. The van der Waals surface area contributed by atoms with E-state index in [0.717, 1.165) is 41.1 Å². The van der Waals surface area contributed by atoms with Crippen molar-refractivity contribution in [2.24, 2.45) is 0 Å². The second-order valence-electron chi connectivity index (χ2n) is 10.5. The summed E-state index contributed by atoms with van der Waals surface area (Å²) in [4.78, 5) is 29.0. The summed E-state index contributed by atoms with van der Waals surface area (Å²) < 4.78 is 40.1. The molecular weight excluding hydrogens is 554 g/mol. The van der Waals surface area contributed by atoms with E-state index in [1.165, 1.54) is 37.3 Å². The molecule has 10 heteroatoms. The summed E-state index contributed by atoms with van der Waals surface area (Å²) in [7, 11) is -1.33. The van der Waals surface area contributed by atoms with Crippen molar-refractivity contribution in [1.82, 2.24) is 10.2 Å². The molecule has 42 heavy (non-hydrogen) atoms. The van der Waals surface area contributed by atoms with Crippen LogP contribution in [0.2, 0.25) is 0 Å². The topological polar surface area (TPSA) is 105 Å². The highest BCUT2D eigenvalue weighted by Gasteiger charge is 2.34. The Labute approximate surface area is 248 Å². The molecule has 0 heterocycles. The highest BCUT2D eigenvalue weighted by atomic mass is 32.2. The first-order chi connectivity index (χ1) is 20.1. The number of nitrogens with one attached hydrogen (secondary N) is 1. The third-order valence-electron chi connectivity index (χ3n) is 7.57. The third kappa shape index (κ3) is 7.23. The Bertz CT molecular complexity index is 1490. The van der Waals surface area contributed by atoms with Gasteiger partial charge in [0.15, 0.2) is 0 Å². The van der Waals surface area contributed by atoms with Gasteiger partial charge in [0.25, 0.3) is 10.0 Å². The van der Waals surface area contributed by atoms with Crippen LogP contribution in [0.25, 0.3) is 0 Å². The number of nitrogens with zero attached hydrogens (tertiary/aromatic N) is 2. The van der Waals surface area contributed by atoms with E-state index in [2.05, 4.69) is 5.32 Å². The van der Waals surface area contributed by atoms with Gasteiger partial charge in [0, 0.05) is 18.7 Å². The molecule has 1 aliphatic rings. The number of aryl methyl sites for hydroxylation is 1. The van der Waals surface area contributed by atoms with E-state index in [1.54, 1.807) is 37.3 Å². The van der Waals surface area contributed by atoms with Gasteiger partial charge in [-0.1, -0.05) is 60.9 Å². The lowest BCUT2D eigenvalue weighted by molar-refractivity contribution is -0.139. The van der Waals surface area contributed by atoms with Crippen LogP contribution in [-0.2, 0) is 26.2 Å². The van der Waals surface area contributed by atoms with Crippen molar-refractivity contribution in [3.8, 4) is 11.5 Å². The number of carbonyl (C=O) groups is 2. The number of methoxy groups -OCH3 is 2. The summed E-state index contributed by atoms with van der Waals surface area (Å²) in [5, 5.41) is 3.08. The van der Waals surface area contributed by atoms with Gasteiger partial charge in [-0.2, -0.15) is 0 Å². The summed E-state index contributed by atoms with van der Waals surface area (Å²) in [6.45, 7) is 3.21. The van der Waals surface area contributed by atoms with Crippen molar-refractivity contribution in [3.63, 3.8) is 0 Å². The molecule has 0 aliphatic heterocycles. The molecule has 9 nitrogen and oxygen atoms in total.